The number of thiazole rings is 2. The van der Waals surface area contributed by atoms with Gasteiger partial charge in [0.1, 0.15) is 48.1 Å². The molecule has 2 saturated heterocycles. The smallest absolute Gasteiger partial charge is 0.410 e. The second kappa shape index (κ2) is 43.7. The zero-order chi connectivity index (χ0) is 86.0. The number of nitrogens with one attached hydrogen (secondary N) is 4. The molecule has 26 nitrogen and oxygen atoms in total. The van der Waals surface area contributed by atoms with E-state index in [0.717, 1.165) is 70.9 Å². The molecule has 0 radical (unpaired) electrons. The first-order valence-electron chi connectivity index (χ1n) is 37.2. The van der Waals surface area contributed by atoms with E-state index in [1.54, 1.807) is 138 Å². The highest BCUT2D eigenvalue weighted by atomic mass is 35.7. The number of benzene rings is 8. The Balaban J connectivity index is 0.000000177. The molecule has 1 amide bonds. The minimum absolute atomic E-state index is 0.0202. The molecule has 6 heterocycles. The molecule has 0 bridgehead atoms. The van der Waals surface area contributed by atoms with Crippen molar-refractivity contribution in [2.24, 2.45) is 5.73 Å². The van der Waals surface area contributed by atoms with Crippen LogP contribution in [-0.4, -0.2) is 140 Å². The highest BCUT2D eigenvalue weighted by molar-refractivity contribution is 8.13. The number of nitrogens with zero attached hydrogens (tertiary/aromatic N) is 7. The van der Waals surface area contributed by atoms with Crippen molar-refractivity contribution >= 4 is 136 Å². The summed E-state index contributed by atoms with van der Waals surface area (Å²) in [5.41, 5.74) is 12.8. The number of piperidine rings is 2. The summed E-state index contributed by atoms with van der Waals surface area (Å²) in [6.07, 6.45) is 7.60. The minimum Gasteiger partial charge on any atom is -0.508 e. The minimum atomic E-state index is -3.69. The summed E-state index contributed by atoms with van der Waals surface area (Å²) in [4.78, 5) is 43.0. The van der Waals surface area contributed by atoms with Crippen LogP contribution >= 0.6 is 79.8 Å². The van der Waals surface area contributed by atoms with Gasteiger partial charge in [0.15, 0.2) is 19.7 Å². The van der Waals surface area contributed by atoms with Crippen molar-refractivity contribution in [3.05, 3.63) is 272 Å². The second-order valence-corrected chi connectivity index (χ2v) is 39.5. The number of aromatic hydroxyl groups is 2. The largest absolute Gasteiger partial charge is 0.508 e. The molecule has 2 aliphatic rings. The molecule has 0 aliphatic carbocycles. The summed E-state index contributed by atoms with van der Waals surface area (Å²) < 4.78 is 117. The Labute approximate surface area is 729 Å². The number of phenolic OH excluding ortho intramolecular Hbond substituents is 2. The highest BCUT2D eigenvalue weighted by Crippen LogP contribution is 2.38. The van der Waals surface area contributed by atoms with Crippen LogP contribution in [0.25, 0.3) is 21.1 Å². The van der Waals surface area contributed by atoms with E-state index in [9.17, 15) is 43.6 Å². The van der Waals surface area contributed by atoms with Crippen LogP contribution in [-0.2, 0) is 69.4 Å². The molecule has 632 valence electrons. The van der Waals surface area contributed by atoms with Crippen LogP contribution in [0.4, 0.5) is 16.7 Å². The first kappa shape index (κ1) is 92.7. The number of ether oxygens (including phenoxy) is 3. The third-order valence-electron chi connectivity index (χ3n) is 17.5. The third kappa shape index (κ3) is 28.5. The lowest BCUT2D eigenvalue weighted by Crippen LogP contribution is -2.47. The number of aryl methyl sites for hydroxylation is 2. The Bertz CT molecular complexity index is 5930. The number of aromatic nitrogens is 6. The Hall–Kier alpha value is -9.62. The zero-order valence-corrected chi connectivity index (χ0v) is 73.5. The van der Waals surface area contributed by atoms with Crippen molar-refractivity contribution in [1.29, 1.82) is 0 Å². The molecular weight excluding hydrogens is 1760 g/mol. The number of anilines is 2. The van der Waals surface area contributed by atoms with Gasteiger partial charge in [0.2, 0.25) is 33.7 Å². The van der Waals surface area contributed by atoms with Crippen LogP contribution in [0.3, 0.4) is 0 Å². The van der Waals surface area contributed by atoms with E-state index in [2.05, 4.69) is 45.6 Å². The monoisotopic (exact) mass is 1840 g/mol. The first-order valence-corrected chi connectivity index (χ1v) is 47.6. The number of rotatable bonds is 24. The summed E-state index contributed by atoms with van der Waals surface area (Å²) in [7, 11) is -9.38. The summed E-state index contributed by atoms with van der Waals surface area (Å²) in [6.45, 7) is 9.20. The van der Waals surface area contributed by atoms with E-state index in [1.807, 2.05) is 69.3 Å². The van der Waals surface area contributed by atoms with E-state index < -0.39 is 44.3 Å². The van der Waals surface area contributed by atoms with E-state index in [-0.39, 0.29) is 81.4 Å². The summed E-state index contributed by atoms with van der Waals surface area (Å²) >= 11 is 26.4. The molecule has 37 heteroatoms. The normalized spacial score (nSPS) is 14.2. The van der Waals surface area contributed by atoms with Gasteiger partial charge in [-0.05, 0) is 197 Å². The Morgan fingerprint density at radius 1 is 0.542 bits per heavy atom. The van der Waals surface area contributed by atoms with Crippen molar-refractivity contribution in [1.82, 2.24) is 44.8 Å². The number of hydrogen-bond acceptors (Lipinski definition) is 26. The maximum atomic E-state index is 12.9. The van der Waals surface area contributed by atoms with Gasteiger partial charge in [-0.1, -0.05) is 143 Å². The second-order valence-electron chi connectivity index (χ2n) is 27.8. The van der Waals surface area contributed by atoms with Crippen LogP contribution in [0.5, 0.6) is 34.8 Å². The molecule has 2 aliphatic heterocycles. The average molecular weight is 1840 g/mol. The number of phenols is 2. The molecular formula is C83H85Cl5N12O14S6. The van der Waals surface area contributed by atoms with Gasteiger partial charge in [-0.15, -0.1) is 22.7 Å². The molecule has 8 N–H and O–H groups in total. The summed E-state index contributed by atoms with van der Waals surface area (Å²) in [5.74, 6) is 3.16. The number of amides is 1. The number of sulfonamides is 1. The van der Waals surface area contributed by atoms with Crippen LogP contribution in [0, 0.1) is 0 Å². The molecule has 0 spiro atoms. The van der Waals surface area contributed by atoms with Gasteiger partial charge in [0, 0.05) is 67.9 Å². The zero-order valence-electron chi connectivity index (χ0n) is 64.8. The molecule has 4 aromatic heterocycles. The van der Waals surface area contributed by atoms with E-state index >= 15 is 0 Å². The third-order valence-corrected chi connectivity index (χ3v) is 27.3. The Morgan fingerprint density at radius 3 is 1.43 bits per heavy atom. The Kier molecular flexibility index (Phi) is 33.8. The first-order chi connectivity index (χ1) is 57.3. The predicted octanol–water partition coefficient (Wildman–Crippen LogP) is 17.7. The van der Waals surface area contributed by atoms with Crippen molar-refractivity contribution in [3.8, 4) is 55.9 Å². The van der Waals surface area contributed by atoms with Gasteiger partial charge in [-0.3, -0.25) is 0 Å². The highest BCUT2D eigenvalue weighted by Gasteiger charge is 2.29. The van der Waals surface area contributed by atoms with E-state index in [1.165, 1.54) is 71.2 Å². The topological polar surface area (TPSA) is 376 Å². The average Bonchev–Trinajstić information content (AvgIpc) is 0.942. The lowest BCUT2D eigenvalue weighted by Gasteiger charge is -2.34. The molecule has 120 heavy (non-hydrogen) atoms. The van der Waals surface area contributed by atoms with Gasteiger partial charge < -0.3 is 51.0 Å². The molecule has 0 unspecified atom stereocenters. The summed E-state index contributed by atoms with van der Waals surface area (Å²) in [6, 6.07) is 57.0. The standard InChI is InChI=1S/C31H34ClN5O5S2.C26H26ClN5O3S2.C13H12ClNO3S.C7H9NO.C6H4Cl2O2S/c1-31(2,3)42-30(38)37-16-7-9-22(19-37)35-29-33-15-13-25(36-29)27-28(34-20-43-27)41-23-10-6-8-21(18-23)14-17-44(39,40)26-12-5-4-11-24(26)32;27-21-8-1-2-9-23(21)37(33,34)14-11-18-5-3-7-20(15-18)35-25-24(36-17-30-25)22-10-13-29-26(32-22)31-19-6-4-12-28-16-19;14-12-6-1-2-7-13(12)19(17,18)15-9-10-4-3-5-11(16)8-10;8-5-6-2-1-3-7(9)4-6;7-5-3-1-2-4-6(5)11(8,9)10/h4-6,8,10-13,15,18,20,22H,7,9,14,16-17,19H2,1-3H3,(H,33,35,36);1-3,5,7-10,13,15,17,19,28H,4,6,11-12,14,16H2,(H,29,31,32);1-8,15-16H,9H2;1-4,9H,5,8H2;1-4H/t22-;19-;;;/m00.../s1. The number of likely N-dealkylation sites (tertiary alicyclic amines) is 1. The number of sulfone groups is 2. The van der Waals surface area contributed by atoms with Crippen LogP contribution in [0.1, 0.15) is 68.7 Å². The fourth-order valence-electron chi connectivity index (χ4n) is 11.8. The number of halogens is 5. The quantitative estimate of drug-likeness (QED) is 0.0276. The van der Waals surface area contributed by atoms with Crippen LogP contribution in [0.2, 0.25) is 20.1 Å². The molecule has 12 aromatic rings. The van der Waals surface area contributed by atoms with Crippen LogP contribution < -0.4 is 35.9 Å². The predicted molar refractivity (Wildman–Crippen MR) is 472 cm³/mol. The lowest BCUT2D eigenvalue weighted by molar-refractivity contribution is 0.0206. The molecule has 2 fully saturated rings. The van der Waals surface area contributed by atoms with E-state index in [4.69, 9.17) is 87.1 Å². The fourth-order valence-corrected chi connectivity index (χ4v) is 19.9. The number of hydrogen-bond donors (Lipinski definition) is 7. The van der Waals surface area contributed by atoms with Crippen molar-refractivity contribution in [2.45, 2.75) is 110 Å². The molecule has 8 aromatic carbocycles. The molecule has 2 atom stereocenters. The lowest BCUT2D eigenvalue weighted by atomic mass is 10.1. The van der Waals surface area contributed by atoms with Crippen LogP contribution in [0.15, 0.2) is 249 Å². The van der Waals surface area contributed by atoms with Crippen molar-refractivity contribution in [3.63, 3.8) is 0 Å². The van der Waals surface area contributed by atoms with Gasteiger partial charge in [-0.25, -0.2) is 73.1 Å². The van der Waals surface area contributed by atoms with Gasteiger partial charge in [0.25, 0.3) is 9.05 Å². The number of carbonyl (C=O) groups excluding carboxylic acids is 1. The maximum absolute atomic E-state index is 12.9. The van der Waals surface area contributed by atoms with Gasteiger partial charge in [0.05, 0.1) is 63.8 Å². The van der Waals surface area contributed by atoms with Gasteiger partial charge in [-0.2, -0.15) is 0 Å². The number of nitrogens with two attached hydrogens (primary N) is 1. The maximum Gasteiger partial charge on any atom is 0.410 e. The molecule has 14 rings (SSSR count). The van der Waals surface area contributed by atoms with E-state index in [0.29, 0.717) is 84.9 Å². The Morgan fingerprint density at radius 2 is 0.983 bits per heavy atom. The van der Waals surface area contributed by atoms with Crippen molar-refractivity contribution < 1.29 is 62.9 Å². The van der Waals surface area contributed by atoms with Crippen molar-refractivity contribution in [2.75, 3.05) is 48.3 Å². The fraction of sp³-hybridized carbons (Fsp3) is 0.241. The SMILES string of the molecule is CC(C)(C)OC(=O)N1CCC[C@H](Nc2nccc(-c3scnc3Oc3cccc(CCS(=O)(=O)c4ccccc4Cl)c3)n2)C1.NCc1cccc(O)c1.O=S(=O)(CCc1cccc(Oc2ncsc2-c2ccnc(N[C@H]3CCCNC3)n2)c1)c1ccccc1Cl.O=S(=O)(Cl)c1ccccc1Cl.O=S(=O)(NCc1cccc(O)c1)c1ccccc1Cl. The number of carbonyl (C=O) groups is 1. The molecule has 0 saturated carbocycles. The summed E-state index contributed by atoms with van der Waals surface area (Å²) in [5, 5.41) is 29.1. The van der Waals surface area contributed by atoms with Gasteiger partial charge >= 0.3 is 6.09 Å².